The molecule has 0 N–H and O–H groups in total. The molecule has 8 nitrogen and oxygen atoms in total. The summed E-state index contributed by atoms with van der Waals surface area (Å²) in [7, 11) is 2.78. The fraction of sp³-hybridized carbons (Fsp3) is 0.182. The number of rotatable bonds is 6. The molecule has 0 atom stereocenters. The standard InChI is InChI=1S/C22H19ClN2O6/c1-13-20(22(27)31-3)18(11-15-10-16(25(28)29)6-9-19(15)23)21(26)24(13)12-14-4-7-17(30-2)8-5-14/h4-11H,12H2,1-3H3/b18-11-. The molecule has 0 aliphatic carbocycles. The van der Waals surface area contributed by atoms with Crippen LogP contribution in [0.4, 0.5) is 5.69 Å². The number of nitro groups is 1. The number of ether oxygens (including phenoxy) is 2. The number of nitro benzene ring substituents is 1. The molecular weight excluding hydrogens is 424 g/mol. The normalized spacial score (nSPS) is 14.9. The van der Waals surface area contributed by atoms with Crippen LogP contribution in [0.5, 0.6) is 5.75 Å². The lowest BCUT2D eigenvalue weighted by atomic mass is 10.0. The SMILES string of the molecule is COC(=O)C1=C(C)N(Cc2ccc(OC)cc2)C(=O)/C1=C\c1cc([N+](=O)[O-])ccc1Cl. The maximum atomic E-state index is 13.2. The number of nitrogens with zero attached hydrogens (tertiary/aromatic N) is 2. The highest BCUT2D eigenvalue weighted by molar-refractivity contribution is 6.32. The Morgan fingerprint density at radius 3 is 2.45 bits per heavy atom. The molecule has 1 aliphatic heterocycles. The van der Waals surface area contributed by atoms with Crippen molar-refractivity contribution in [3.8, 4) is 5.75 Å². The predicted octanol–water partition coefficient (Wildman–Crippen LogP) is 4.13. The van der Waals surface area contributed by atoms with Crippen LogP contribution in [0.1, 0.15) is 18.1 Å². The van der Waals surface area contributed by atoms with Crippen LogP contribution < -0.4 is 4.74 Å². The van der Waals surface area contributed by atoms with Crippen LogP contribution in [0.25, 0.3) is 6.08 Å². The van der Waals surface area contributed by atoms with Crippen LogP contribution in [-0.2, 0) is 20.9 Å². The van der Waals surface area contributed by atoms with Crippen molar-refractivity contribution in [1.29, 1.82) is 0 Å². The van der Waals surface area contributed by atoms with Crippen molar-refractivity contribution in [2.75, 3.05) is 14.2 Å². The Balaban J connectivity index is 2.05. The molecule has 3 rings (SSSR count). The van der Waals surface area contributed by atoms with E-state index in [1.807, 2.05) is 12.1 Å². The van der Waals surface area contributed by atoms with Gasteiger partial charge in [0.25, 0.3) is 11.6 Å². The molecule has 0 unspecified atom stereocenters. The number of carbonyl (C=O) groups excluding carboxylic acids is 2. The van der Waals surface area contributed by atoms with Gasteiger partial charge in [-0.05, 0) is 36.8 Å². The average molecular weight is 443 g/mol. The van der Waals surface area contributed by atoms with Gasteiger partial charge in [-0.25, -0.2) is 4.79 Å². The van der Waals surface area contributed by atoms with Gasteiger partial charge < -0.3 is 14.4 Å². The molecule has 0 aromatic heterocycles. The lowest BCUT2D eigenvalue weighted by molar-refractivity contribution is -0.384. The van der Waals surface area contributed by atoms with Gasteiger partial charge in [0.1, 0.15) is 5.75 Å². The van der Waals surface area contributed by atoms with Gasteiger partial charge in [-0.15, -0.1) is 0 Å². The summed E-state index contributed by atoms with van der Waals surface area (Å²) in [4.78, 5) is 37.7. The Hall–Kier alpha value is -3.65. The third kappa shape index (κ3) is 4.44. The van der Waals surface area contributed by atoms with Crippen molar-refractivity contribution in [2.24, 2.45) is 0 Å². The summed E-state index contributed by atoms with van der Waals surface area (Å²) in [6.45, 7) is 1.86. The van der Waals surface area contributed by atoms with E-state index < -0.39 is 16.8 Å². The van der Waals surface area contributed by atoms with Crippen LogP contribution in [0.15, 0.2) is 59.3 Å². The molecule has 1 aliphatic rings. The average Bonchev–Trinajstić information content (AvgIpc) is 2.99. The molecule has 0 saturated carbocycles. The first-order chi connectivity index (χ1) is 14.8. The number of hydrogen-bond acceptors (Lipinski definition) is 6. The zero-order chi connectivity index (χ0) is 22.7. The Morgan fingerprint density at radius 2 is 1.87 bits per heavy atom. The lowest BCUT2D eigenvalue weighted by Gasteiger charge is -2.18. The highest BCUT2D eigenvalue weighted by atomic mass is 35.5. The second kappa shape index (κ2) is 9.01. The molecule has 9 heteroatoms. The minimum absolute atomic E-state index is 0.0558. The van der Waals surface area contributed by atoms with E-state index in [1.165, 1.54) is 36.3 Å². The van der Waals surface area contributed by atoms with Crippen molar-refractivity contribution < 1.29 is 24.0 Å². The number of benzene rings is 2. The Morgan fingerprint density at radius 1 is 1.19 bits per heavy atom. The molecule has 0 saturated heterocycles. The van der Waals surface area contributed by atoms with E-state index in [4.69, 9.17) is 21.1 Å². The molecule has 160 valence electrons. The van der Waals surface area contributed by atoms with Crippen LogP contribution in [0.2, 0.25) is 5.02 Å². The maximum absolute atomic E-state index is 13.2. The Bertz CT molecular complexity index is 1120. The van der Waals surface area contributed by atoms with Crippen molar-refractivity contribution >= 4 is 35.2 Å². The highest BCUT2D eigenvalue weighted by Crippen LogP contribution is 2.34. The maximum Gasteiger partial charge on any atom is 0.340 e. The van der Waals surface area contributed by atoms with Crippen LogP contribution >= 0.6 is 11.6 Å². The topological polar surface area (TPSA) is 99.0 Å². The minimum Gasteiger partial charge on any atom is -0.497 e. The third-order valence-corrected chi connectivity index (χ3v) is 5.24. The predicted molar refractivity (Wildman–Crippen MR) is 114 cm³/mol. The van der Waals surface area contributed by atoms with Gasteiger partial charge in [0.15, 0.2) is 0 Å². The molecule has 2 aromatic rings. The first-order valence-corrected chi connectivity index (χ1v) is 9.54. The second-order valence-electron chi connectivity index (χ2n) is 6.71. The smallest absolute Gasteiger partial charge is 0.340 e. The first kappa shape index (κ1) is 22.0. The molecule has 0 bridgehead atoms. The number of halogens is 1. The van der Waals surface area contributed by atoms with E-state index in [1.54, 1.807) is 26.2 Å². The van der Waals surface area contributed by atoms with E-state index >= 15 is 0 Å². The third-order valence-electron chi connectivity index (χ3n) is 4.89. The van der Waals surface area contributed by atoms with Crippen LogP contribution in [0.3, 0.4) is 0 Å². The molecular formula is C22H19ClN2O6. The minimum atomic E-state index is -0.684. The first-order valence-electron chi connectivity index (χ1n) is 9.16. The van der Waals surface area contributed by atoms with E-state index in [2.05, 4.69) is 0 Å². The molecule has 1 heterocycles. The quantitative estimate of drug-likeness (QED) is 0.288. The van der Waals surface area contributed by atoms with E-state index in [9.17, 15) is 19.7 Å². The highest BCUT2D eigenvalue weighted by Gasteiger charge is 2.37. The molecule has 2 aromatic carbocycles. The molecule has 0 fully saturated rings. The Kier molecular flexibility index (Phi) is 6.41. The van der Waals surface area contributed by atoms with E-state index in [-0.39, 0.29) is 34.0 Å². The molecule has 0 spiro atoms. The van der Waals surface area contributed by atoms with Crippen molar-refractivity contribution in [2.45, 2.75) is 13.5 Å². The van der Waals surface area contributed by atoms with E-state index in [0.29, 0.717) is 11.4 Å². The summed E-state index contributed by atoms with van der Waals surface area (Å²) in [5.74, 6) is -0.438. The van der Waals surface area contributed by atoms with Gasteiger partial charge in [0.2, 0.25) is 0 Å². The largest absolute Gasteiger partial charge is 0.497 e. The molecule has 1 amide bonds. The van der Waals surface area contributed by atoms with Gasteiger partial charge in [0, 0.05) is 28.4 Å². The molecule has 31 heavy (non-hydrogen) atoms. The monoisotopic (exact) mass is 442 g/mol. The van der Waals surface area contributed by atoms with Crippen molar-refractivity contribution in [1.82, 2.24) is 4.90 Å². The summed E-state index contributed by atoms with van der Waals surface area (Å²) in [6, 6.07) is 11.1. The number of carbonyl (C=O) groups is 2. The zero-order valence-corrected chi connectivity index (χ0v) is 17.8. The summed E-state index contributed by atoms with van der Waals surface area (Å²) in [5, 5.41) is 11.3. The van der Waals surface area contributed by atoms with Crippen molar-refractivity contribution in [3.05, 3.63) is 85.6 Å². The number of esters is 1. The van der Waals surface area contributed by atoms with Gasteiger partial charge in [-0.2, -0.15) is 0 Å². The number of hydrogen-bond donors (Lipinski definition) is 0. The summed E-state index contributed by atoms with van der Waals surface area (Å²) in [5.41, 5.74) is 1.45. The van der Waals surface area contributed by atoms with Gasteiger partial charge >= 0.3 is 5.97 Å². The second-order valence-corrected chi connectivity index (χ2v) is 7.12. The summed E-state index contributed by atoms with van der Waals surface area (Å²) >= 11 is 6.18. The number of non-ortho nitro benzene ring substituents is 1. The fourth-order valence-electron chi connectivity index (χ4n) is 3.24. The summed E-state index contributed by atoms with van der Waals surface area (Å²) < 4.78 is 10.0. The van der Waals surface area contributed by atoms with Gasteiger partial charge in [-0.3, -0.25) is 14.9 Å². The van der Waals surface area contributed by atoms with Gasteiger partial charge in [0.05, 0.1) is 36.8 Å². The van der Waals surface area contributed by atoms with E-state index in [0.717, 1.165) is 5.56 Å². The fourth-order valence-corrected chi connectivity index (χ4v) is 3.41. The lowest BCUT2D eigenvalue weighted by Crippen LogP contribution is -2.24. The van der Waals surface area contributed by atoms with Crippen LogP contribution in [-0.4, -0.2) is 35.9 Å². The molecule has 0 radical (unpaired) electrons. The van der Waals surface area contributed by atoms with Crippen molar-refractivity contribution in [3.63, 3.8) is 0 Å². The van der Waals surface area contributed by atoms with Crippen LogP contribution in [0, 0.1) is 10.1 Å². The number of allylic oxidation sites excluding steroid dienone is 1. The zero-order valence-electron chi connectivity index (χ0n) is 17.0. The number of methoxy groups -OCH3 is 2. The summed E-state index contributed by atoms with van der Waals surface area (Å²) in [6.07, 6.45) is 1.38. The van der Waals surface area contributed by atoms with Gasteiger partial charge in [-0.1, -0.05) is 23.7 Å². The Labute approximate surface area is 183 Å². The number of amides is 1.